The first kappa shape index (κ1) is 16.8. The predicted molar refractivity (Wildman–Crippen MR) is 75.2 cm³/mol. The summed E-state index contributed by atoms with van der Waals surface area (Å²) in [7, 11) is 0. The van der Waals surface area contributed by atoms with Crippen LogP contribution in [0.3, 0.4) is 0 Å². The fraction of sp³-hybridized carbons (Fsp3) is 0.250. The number of halogens is 3. The number of carbonyl (C=O) groups is 2. The van der Waals surface area contributed by atoms with E-state index < -0.39 is 29.6 Å². The summed E-state index contributed by atoms with van der Waals surface area (Å²) in [5.41, 5.74) is -2.35. The number of aliphatic carboxylic acids is 1. The maximum Gasteiger partial charge on any atom is 0.433 e. The molecular weight excluding hydrogens is 313 g/mol. The van der Waals surface area contributed by atoms with Crippen molar-refractivity contribution < 1.29 is 32.6 Å². The molecule has 2 rings (SSSR count). The number of carboxylic acid groups (broad SMARTS) is 1. The van der Waals surface area contributed by atoms with Crippen LogP contribution >= 0.6 is 0 Å². The topological polar surface area (TPSA) is 63.6 Å². The normalized spacial score (nSPS) is 24.0. The molecule has 2 unspecified atom stereocenters. The molecule has 7 heteroatoms. The van der Waals surface area contributed by atoms with Gasteiger partial charge in [0.05, 0.1) is 0 Å². The second-order valence-corrected chi connectivity index (χ2v) is 5.02. The molecule has 1 aliphatic carbocycles. The quantitative estimate of drug-likeness (QED) is 0.867. The van der Waals surface area contributed by atoms with Crippen molar-refractivity contribution in [2.75, 3.05) is 0 Å². The molecule has 0 radical (unpaired) electrons. The van der Waals surface area contributed by atoms with E-state index in [9.17, 15) is 27.9 Å². The van der Waals surface area contributed by atoms with E-state index in [-0.39, 0.29) is 0 Å². The summed E-state index contributed by atoms with van der Waals surface area (Å²) in [6, 6.07) is 8.36. The summed E-state index contributed by atoms with van der Waals surface area (Å²) < 4.78 is 44.9. The van der Waals surface area contributed by atoms with Crippen molar-refractivity contribution in [3.63, 3.8) is 0 Å². The van der Waals surface area contributed by atoms with Crippen molar-refractivity contribution in [3.8, 4) is 0 Å². The third kappa shape index (κ3) is 3.13. The number of allylic oxidation sites excluding steroid dienone is 2. The molecule has 23 heavy (non-hydrogen) atoms. The molecule has 0 bridgehead atoms. The molecule has 0 aliphatic heterocycles. The first-order chi connectivity index (χ1) is 10.7. The van der Waals surface area contributed by atoms with Crippen molar-refractivity contribution in [1.82, 2.24) is 0 Å². The minimum Gasteiger partial charge on any atom is -0.481 e. The number of benzene rings is 1. The third-order valence-corrected chi connectivity index (χ3v) is 3.45. The Morgan fingerprint density at radius 3 is 2.30 bits per heavy atom. The number of esters is 1. The molecule has 0 fully saturated rings. The number of hydrogen-bond donors (Lipinski definition) is 1. The fourth-order valence-electron chi connectivity index (χ4n) is 2.42. The summed E-state index contributed by atoms with van der Waals surface area (Å²) in [6.07, 6.45) is -2.41. The highest BCUT2D eigenvalue weighted by Gasteiger charge is 2.63. The summed E-state index contributed by atoms with van der Waals surface area (Å²) in [5, 5.41) is 9.25. The average molecular weight is 326 g/mol. The van der Waals surface area contributed by atoms with Gasteiger partial charge in [-0.2, -0.15) is 13.2 Å². The monoisotopic (exact) mass is 326 g/mol. The molecule has 0 saturated heterocycles. The number of carbonyl (C=O) groups excluding carboxylic acids is 1. The predicted octanol–water partition coefficient (Wildman–Crippen LogP) is 3.20. The largest absolute Gasteiger partial charge is 0.481 e. The van der Waals surface area contributed by atoms with E-state index in [2.05, 4.69) is 4.74 Å². The minimum absolute atomic E-state index is 0.310. The molecule has 1 N–H and O–H groups in total. The smallest absolute Gasteiger partial charge is 0.433 e. The van der Waals surface area contributed by atoms with Gasteiger partial charge < -0.3 is 9.84 Å². The van der Waals surface area contributed by atoms with Crippen LogP contribution in [-0.4, -0.2) is 28.8 Å². The van der Waals surface area contributed by atoms with Crippen molar-refractivity contribution in [2.24, 2.45) is 5.92 Å². The molecule has 1 aromatic carbocycles. The molecule has 2 atom stereocenters. The van der Waals surface area contributed by atoms with Crippen LogP contribution in [0.5, 0.6) is 0 Å². The highest BCUT2D eigenvalue weighted by Crippen LogP contribution is 2.45. The Kier molecular flexibility index (Phi) is 4.31. The van der Waals surface area contributed by atoms with E-state index in [4.69, 9.17) is 0 Å². The molecule has 122 valence electrons. The van der Waals surface area contributed by atoms with Gasteiger partial charge in [-0.1, -0.05) is 42.5 Å². The van der Waals surface area contributed by atoms with Crippen LogP contribution < -0.4 is 0 Å². The van der Waals surface area contributed by atoms with Gasteiger partial charge in [-0.25, -0.2) is 0 Å². The molecular formula is C16H13F3O4. The molecule has 0 saturated carbocycles. The van der Waals surface area contributed by atoms with E-state index in [1.807, 2.05) is 0 Å². The fourth-order valence-corrected chi connectivity index (χ4v) is 2.42. The highest BCUT2D eigenvalue weighted by atomic mass is 19.4. The Morgan fingerprint density at radius 1 is 1.22 bits per heavy atom. The molecule has 1 aromatic rings. The molecule has 0 amide bonds. The van der Waals surface area contributed by atoms with E-state index in [1.165, 1.54) is 0 Å². The van der Waals surface area contributed by atoms with Gasteiger partial charge in [0.15, 0.2) is 0 Å². The van der Waals surface area contributed by atoms with Gasteiger partial charge in [0.1, 0.15) is 5.92 Å². The SMILES string of the molecule is CC(=O)OC1(C(F)(F)F)C=CC(c2ccccc2)=CC1C(=O)O. The number of alkyl halides is 3. The summed E-state index contributed by atoms with van der Waals surface area (Å²) in [5.74, 6) is -5.03. The lowest BCUT2D eigenvalue weighted by molar-refractivity contribution is -0.263. The number of ether oxygens (including phenoxy) is 1. The molecule has 0 heterocycles. The lowest BCUT2D eigenvalue weighted by Crippen LogP contribution is -2.55. The van der Waals surface area contributed by atoms with Gasteiger partial charge in [0.2, 0.25) is 5.60 Å². The third-order valence-electron chi connectivity index (χ3n) is 3.45. The molecule has 0 aromatic heterocycles. The lowest BCUT2D eigenvalue weighted by Gasteiger charge is -2.37. The van der Waals surface area contributed by atoms with E-state index >= 15 is 0 Å². The lowest BCUT2D eigenvalue weighted by atomic mass is 9.79. The van der Waals surface area contributed by atoms with Gasteiger partial charge in [0, 0.05) is 6.92 Å². The zero-order valence-corrected chi connectivity index (χ0v) is 12.0. The Labute approximate surface area is 129 Å². The summed E-state index contributed by atoms with van der Waals surface area (Å²) >= 11 is 0. The van der Waals surface area contributed by atoms with Crippen LogP contribution in [0.4, 0.5) is 13.2 Å². The van der Waals surface area contributed by atoms with Crippen LogP contribution in [0.25, 0.3) is 5.57 Å². The summed E-state index contributed by atoms with van der Waals surface area (Å²) in [4.78, 5) is 22.5. The van der Waals surface area contributed by atoms with E-state index in [0.717, 1.165) is 19.1 Å². The van der Waals surface area contributed by atoms with Crippen LogP contribution in [-0.2, 0) is 14.3 Å². The zero-order valence-electron chi connectivity index (χ0n) is 12.0. The minimum atomic E-state index is -5.07. The summed E-state index contributed by atoms with van der Waals surface area (Å²) in [6.45, 7) is 0.802. The maximum atomic E-state index is 13.5. The van der Waals surface area contributed by atoms with Gasteiger partial charge in [-0.05, 0) is 17.2 Å². The Hall–Kier alpha value is -2.57. The van der Waals surface area contributed by atoms with Crippen LogP contribution in [0.1, 0.15) is 12.5 Å². The number of hydrogen-bond acceptors (Lipinski definition) is 3. The van der Waals surface area contributed by atoms with Crippen molar-refractivity contribution in [3.05, 3.63) is 54.1 Å². The van der Waals surface area contributed by atoms with Crippen molar-refractivity contribution in [2.45, 2.75) is 18.7 Å². The van der Waals surface area contributed by atoms with E-state index in [1.54, 1.807) is 30.3 Å². The average Bonchev–Trinajstić information content (AvgIpc) is 2.46. The Morgan fingerprint density at radius 2 is 1.83 bits per heavy atom. The molecule has 0 spiro atoms. The number of rotatable bonds is 3. The second-order valence-electron chi connectivity index (χ2n) is 5.02. The van der Waals surface area contributed by atoms with Gasteiger partial charge in [-0.3, -0.25) is 9.59 Å². The number of carboxylic acids is 1. The van der Waals surface area contributed by atoms with Gasteiger partial charge in [0.25, 0.3) is 0 Å². The second kappa shape index (κ2) is 5.91. The van der Waals surface area contributed by atoms with Crippen LogP contribution in [0, 0.1) is 5.92 Å². The zero-order chi connectivity index (χ0) is 17.3. The van der Waals surface area contributed by atoms with Crippen LogP contribution in [0.15, 0.2) is 48.6 Å². The Bertz CT molecular complexity index is 676. The molecule has 4 nitrogen and oxygen atoms in total. The van der Waals surface area contributed by atoms with Crippen LogP contribution in [0.2, 0.25) is 0 Å². The van der Waals surface area contributed by atoms with Gasteiger partial charge >= 0.3 is 18.1 Å². The Balaban J connectivity index is 2.55. The van der Waals surface area contributed by atoms with Crippen molar-refractivity contribution in [1.29, 1.82) is 0 Å². The highest BCUT2D eigenvalue weighted by molar-refractivity contribution is 5.85. The van der Waals surface area contributed by atoms with Gasteiger partial charge in [-0.15, -0.1) is 0 Å². The van der Waals surface area contributed by atoms with Crippen molar-refractivity contribution >= 4 is 17.5 Å². The van der Waals surface area contributed by atoms with E-state index in [0.29, 0.717) is 17.2 Å². The maximum absolute atomic E-state index is 13.5. The first-order valence-electron chi connectivity index (χ1n) is 6.63. The first-order valence-corrected chi connectivity index (χ1v) is 6.63. The molecule has 1 aliphatic rings. The standard InChI is InChI=1S/C16H13F3O4/c1-10(20)23-15(16(17,18)19)8-7-12(9-13(15)14(21)22)11-5-3-2-4-6-11/h2-9,13H,1H3,(H,21,22).